The molecular weight excluding hydrogens is 472 g/mol. The molecule has 1 aliphatic heterocycles. The number of rotatable bonds is 7. The summed E-state index contributed by atoms with van der Waals surface area (Å²) in [5.41, 5.74) is 6.09. The van der Waals surface area contributed by atoms with E-state index in [0.717, 1.165) is 83.1 Å². The number of fused-ring (bicyclic) bond motifs is 1. The van der Waals surface area contributed by atoms with E-state index in [1.807, 2.05) is 25.1 Å². The molecule has 3 aromatic rings. The molecule has 2 heterocycles. The molecule has 1 unspecified atom stereocenters. The molecule has 1 saturated carbocycles. The molecule has 0 amide bonds. The van der Waals surface area contributed by atoms with Crippen molar-refractivity contribution in [3.8, 4) is 17.6 Å². The standard InChI is InChI=1S/C32H38N4O2/c1-7-11-23-12-10-15-26(22(23)5)35-30-25-16-28(29(37-6)17-27(25)33-20-34-30)36-19-32(8-2,18-21(3)4)38-31(36)24-13-9-14-24/h10,12,15-17,20-21H,8-9,13-14,18-19H2,1-6H3,(H,33,34,35). The molecule has 1 atom stereocenters. The summed E-state index contributed by atoms with van der Waals surface area (Å²) in [5.74, 6) is 9.30. The second-order valence-corrected chi connectivity index (χ2v) is 10.8. The van der Waals surface area contributed by atoms with Gasteiger partial charge in [-0.05, 0) is 81.2 Å². The summed E-state index contributed by atoms with van der Waals surface area (Å²) >= 11 is 0. The predicted octanol–water partition coefficient (Wildman–Crippen LogP) is 7.49. The van der Waals surface area contributed by atoms with Crippen LogP contribution in [-0.2, 0) is 4.74 Å². The van der Waals surface area contributed by atoms with Crippen molar-refractivity contribution >= 4 is 28.1 Å². The van der Waals surface area contributed by atoms with Crippen LogP contribution in [-0.4, -0.2) is 29.2 Å². The van der Waals surface area contributed by atoms with Gasteiger partial charge < -0.3 is 19.7 Å². The largest absolute Gasteiger partial charge is 0.494 e. The SMILES string of the molecule is CC#Cc1cccc(Nc2ncnc3cc(OC)c(N4CC(CC)(CC(C)C)OC4=C4CCC4)cc23)c1C. The Balaban J connectivity index is 1.62. The third-order valence-electron chi connectivity index (χ3n) is 7.76. The Morgan fingerprint density at radius 1 is 1.21 bits per heavy atom. The Kier molecular flexibility index (Phi) is 7.21. The van der Waals surface area contributed by atoms with Crippen LogP contribution in [0.15, 0.2) is 48.1 Å². The summed E-state index contributed by atoms with van der Waals surface area (Å²) in [6, 6.07) is 10.3. The normalized spacial score (nSPS) is 18.8. The van der Waals surface area contributed by atoms with E-state index in [4.69, 9.17) is 9.47 Å². The third kappa shape index (κ3) is 4.78. The number of methoxy groups -OCH3 is 1. The van der Waals surface area contributed by atoms with Gasteiger partial charge in [-0.15, -0.1) is 5.92 Å². The fourth-order valence-electron chi connectivity index (χ4n) is 5.57. The van der Waals surface area contributed by atoms with E-state index < -0.39 is 0 Å². The maximum atomic E-state index is 6.86. The molecule has 1 aromatic heterocycles. The Hall–Kier alpha value is -3.72. The van der Waals surface area contributed by atoms with Gasteiger partial charge in [0.25, 0.3) is 0 Å². The second kappa shape index (κ2) is 10.6. The minimum Gasteiger partial charge on any atom is -0.494 e. The van der Waals surface area contributed by atoms with Gasteiger partial charge in [0.1, 0.15) is 23.5 Å². The van der Waals surface area contributed by atoms with Crippen LogP contribution in [0.4, 0.5) is 17.2 Å². The molecule has 0 spiro atoms. The van der Waals surface area contributed by atoms with Gasteiger partial charge in [0.15, 0.2) is 5.88 Å². The Labute approximate surface area is 226 Å². The fraction of sp³-hybridized carbons (Fsp3) is 0.438. The molecule has 0 radical (unpaired) electrons. The maximum Gasteiger partial charge on any atom is 0.193 e. The van der Waals surface area contributed by atoms with Crippen LogP contribution < -0.4 is 15.0 Å². The van der Waals surface area contributed by atoms with Crippen LogP contribution in [0, 0.1) is 24.7 Å². The van der Waals surface area contributed by atoms with Gasteiger partial charge in [-0.1, -0.05) is 32.8 Å². The zero-order chi connectivity index (χ0) is 26.9. The van der Waals surface area contributed by atoms with Gasteiger partial charge >= 0.3 is 0 Å². The van der Waals surface area contributed by atoms with Crippen molar-refractivity contribution in [2.45, 2.75) is 72.3 Å². The number of ether oxygens (including phenoxy) is 2. The monoisotopic (exact) mass is 510 g/mol. The number of nitrogens with one attached hydrogen (secondary N) is 1. The average Bonchev–Trinajstić information content (AvgIpc) is 3.23. The Bertz CT molecular complexity index is 1440. The Morgan fingerprint density at radius 3 is 2.68 bits per heavy atom. The molecule has 1 aliphatic carbocycles. The first-order valence-electron chi connectivity index (χ1n) is 13.7. The van der Waals surface area contributed by atoms with E-state index in [2.05, 4.69) is 71.9 Å². The van der Waals surface area contributed by atoms with Crippen LogP contribution in [0.5, 0.6) is 5.75 Å². The van der Waals surface area contributed by atoms with E-state index in [1.54, 1.807) is 13.4 Å². The first kappa shape index (κ1) is 25.9. The van der Waals surface area contributed by atoms with Gasteiger partial charge in [0, 0.05) is 22.7 Å². The molecule has 5 rings (SSSR count). The molecule has 2 fully saturated rings. The highest BCUT2D eigenvalue weighted by Gasteiger charge is 2.45. The molecular formula is C32H38N4O2. The van der Waals surface area contributed by atoms with E-state index >= 15 is 0 Å². The molecule has 1 N–H and O–H groups in total. The highest BCUT2D eigenvalue weighted by Crippen LogP contribution is 2.47. The summed E-state index contributed by atoms with van der Waals surface area (Å²) in [4.78, 5) is 11.6. The van der Waals surface area contributed by atoms with Crippen molar-refractivity contribution in [3.05, 3.63) is 59.2 Å². The minimum atomic E-state index is -0.210. The zero-order valence-corrected chi connectivity index (χ0v) is 23.4. The topological polar surface area (TPSA) is 59.5 Å². The van der Waals surface area contributed by atoms with Crippen LogP contribution in [0.25, 0.3) is 10.9 Å². The van der Waals surface area contributed by atoms with Crippen molar-refractivity contribution in [2.24, 2.45) is 5.92 Å². The van der Waals surface area contributed by atoms with Crippen LogP contribution >= 0.6 is 0 Å². The first-order chi connectivity index (χ1) is 18.4. The lowest BCUT2D eigenvalue weighted by molar-refractivity contribution is 0.0239. The third-order valence-corrected chi connectivity index (χ3v) is 7.76. The summed E-state index contributed by atoms with van der Waals surface area (Å²) in [6.07, 6.45) is 6.97. The molecule has 6 heteroatoms. The second-order valence-electron chi connectivity index (χ2n) is 10.8. The molecule has 198 valence electrons. The molecule has 2 aromatic carbocycles. The molecule has 0 bridgehead atoms. The number of hydrogen-bond acceptors (Lipinski definition) is 6. The van der Waals surface area contributed by atoms with E-state index in [9.17, 15) is 0 Å². The van der Waals surface area contributed by atoms with Crippen molar-refractivity contribution in [1.29, 1.82) is 0 Å². The van der Waals surface area contributed by atoms with Crippen molar-refractivity contribution in [3.63, 3.8) is 0 Å². The summed E-state index contributed by atoms with van der Waals surface area (Å²) in [7, 11) is 1.73. The minimum absolute atomic E-state index is 0.210. The number of anilines is 3. The van der Waals surface area contributed by atoms with Crippen molar-refractivity contribution in [1.82, 2.24) is 9.97 Å². The molecule has 1 saturated heterocycles. The molecule has 2 aliphatic rings. The average molecular weight is 511 g/mol. The van der Waals surface area contributed by atoms with E-state index in [-0.39, 0.29) is 5.60 Å². The number of benzene rings is 2. The van der Waals surface area contributed by atoms with Gasteiger partial charge in [-0.3, -0.25) is 0 Å². The quantitative estimate of drug-likeness (QED) is 0.332. The maximum absolute atomic E-state index is 6.86. The van der Waals surface area contributed by atoms with Crippen molar-refractivity contribution in [2.75, 3.05) is 23.9 Å². The van der Waals surface area contributed by atoms with Gasteiger partial charge in [-0.25, -0.2) is 9.97 Å². The lowest BCUT2D eigenvalue weighted by atomic mass is 9.90. The summed E-state index contributed by atoms with van der Waals surface area (Å²) in [6.45, 7) is 11.5. The first-order valence-corrected chi connectivity index (χ1v) is 13.7. The number of nitrogens with zero attached hydrogens (tertiary/aromatic N) is 3. The Morgan fingerprint density at radius 2 is 2.03 bits per heavy atom. The summed E-state index contributed by atoms with van der Waals surface area (Å²) in [5, 5.41) is 4.49. The van der Waals surface area contributed by atoms with Gasteiger partial charge in [0.2, 0.25) is 0 Å². The van der Waals surface area contributed by atoms with Crippen LogP contribution in [0.3, 0.4) is 0 Å². The van der Waals surface area contributed by atoms with E-state index in [1.165, 1.54) is 12.0 Å². The van der Waals surface area contributed by atoms with Gasteiger partial charge in [0.05, 0.1) is 24.9 Å². The fourth-order valence-corrected chi connectivity index (χ4v) is 5.57. The van der Waals surface area contributed by atoms with Crippen LogP contribution in [0.1, 0.15) is 70.9 Å². The summed E-state index contributed by atoms with van der Waals surface area (Å²) < 4.78 is 12.8. The number of hydrogen-bond donors (Lipinski definition) is 1. The molecule has 6 nitrogen and oxygen atoms in total. The molecule has 38 heavy (non-hydrogen) atoms. The zero-order valence-electron chi connectivity index (χ0n) is 23.4. The van der Waals surface area contributed by atoms with Crippen molar-refractivity contribution < 1.29 is 9.47 Å². The van der Waals surface area contributed by atoms with E-state index in [0.29, 0.717) is 5.92 Å². The predicted molar refractivity (Wildman–Crippen MR) is 155 cm³/mol. The number of aromatic nitrogens is 2. The highest BCUT2D eigenvalue weighted by atomic mass is 16.5. The smallest absolute Gasteiger partial charge is 0.193 e. The highest BCUT2D eigenvalue weighted by molar-refractivity contribution is 5.95. The lowest BCUT2D eigenvalue weighted by Gasteiger charge is -2.28. The number of allylic oxidation sites excluding steroid dienone is 1. The van der Waals surface area contributed by atoms with Crippen LogP contribution in [0.2, 0.25) is 0 Å². The van der Waals surface area contributed by atoms with Gasteiger partial charge in [-0.2, -0.15) is 0 Å². The lowest BCUT2D eigenvalue weighted by Crippen LogP contribution is -2.35.